The number of nitrogens with zero attached hydrogens (tertiary/aromatic N) is 2. The van der Waals surface area contributed by atoms with Crippen molar-refractivity contribution in [2.45, 2.75) is 24.7 Å². The molecule has 126 valence electrons. The van der Waals surface area contributed by atoms with Crippen LogP contribution < -0.4 is 5.14 Å². The summed E-state index contributed by atoms with van der Waals surface area (Å²) in [6.45, 7) is 2.11. The van der Waals surface area contributed by atoms with Gasteiger partial charge in [-0.05, 0) is 42.3 Å². The third-order valence-electron chi connectivity index (χ3n) is 3.94. The zero-order valence-corrected chi connectivity index (χ0v) is 14.1. The van der Waals surface area contributed by atoms with Crippen molar-refractivity contribution in [3.63, 3.8) is 0 Å². The van der Waals surface area contributed by atoms with Crippen LogP contribution in [-0.4, -0.2) is 29.7 Å². The Hall–Kier alpha value is -2.22. The largest absolute Gasteiger partial charge is 0.396 e. The molecule has 7 heteroatoms. The molecule has 0 radical (unpaired) electrons. The SMILES string of the molecule is CCc1nc2cc(S(N)(=O)=O)ccc2n1-c1ccc(CCO)cc1. The molecule has 0 saturated heterocycles. The number of nitrogens with two attached hydrogens (primary N) is 1. The number of aromatic nitrogens is 2. The number of aliphatic hydroxyl groups is 1. The number of primary sulfonamides is 1. The second-order valence-electron chi connectivity index (χ2n) is 5.55. The molecule has 0 atom stereocenters. The Balaban J connectivity index is 2.16. The van der Waals surface area contributed by atoms with E-state index in [1.54, 1.807) is 6.07 Å². The molecule has 6 nitrogen and oxygen atoms in total. The summed E-state index contributed by atoms with van der Waals surface area (Å²) in [5, 5.41) is 14.2. The van der Waals surface area contributed by atoms with Crippen LogP contribution in [0.15, 0.2) is 47.4 Å². The molecule has 1 aromatic heterocycles. The lowest BCUT2D eigenvalue weighted by Crippen LogP contribution is -2.11. The first kappa shape index (κ1) is 16.6. The Morgan fingerprint density at radius 2 is 1.88 bits per heavy atom. The van der Waals surface area contributed by atoms with Gasteiger partial charge in [-0.15, -0.1) is 0 Å². The minimum atomic E-state index is -3.75. The third kappa shape index (κ3) is 3.06. The van der Waals surface area contributed by atoms with Gasteiger partial charge >= 0.3 is 0 Å². The van der Waals surface area contributed by atoms with Gasteiger partial charge in [-0.25, -0.2) is 18.5 Å². The number of aryl methyl sites for hydroxylation is 1. The van der Waals surface area contributed by atoms with Crippen molar-refractivity contribution in [1.29, 1.82) is 0 Å². The normalized spacial score (nSPS) is 12.0. The Kier molecular flexibility index (Phi) is 4.40. The molecule has 24 heavy (non-hydrogen) atoms. The van der Waals surface area contributed by atoms with Crippen molar-refractivity contribution >= 4 is 21.1 Å². The van der Waals surface area contributed by atoms with Gasteiger partial charge in [0.2, 0.25) is 10.0 Å². The molecule has 0 aliphatic carbocycles. The molecule has 0 spiro atoms. The van der Waals surface area contributed by atoms with E-state index in [1.165, 1.54) is 12.1 Å². The van der Waals surface area contributed by atoms with E-state index in [-0.39, 0.29) is 11.5 Å². The average molecular weight is 345 g/mol. The van der Waals surface area contributed by atoms with E-state index in [4.69, 9.17) is 10.2 Å². The Bertz CT molecular complexity index is 976. The molecular formula is C17H19N3O3S. The summed E-state index contributed by atoms with van der Waals surface area (Å²) < 4.78 is 25.1. The van der Waals surface area contributed by atoms with Gasteiger partial charge in [-0.1, -0.05) is 19.1 Å². The number of benzene rings is 2. The van der Waals surface area contributed by atoms with Crippen LogP contribution in [0.25, 0.3) is 16.7 Å². The fourth-order valence-corrected chi connectivity index (χ4v) is 3.29. The van der Waals surface area contributed by atoms with Gasteiger partial charge < -0.3 is 5.11 Å². The summed E-state index contributed by atoms with van der Waals surface area (Å²) in [6.07, 6.45) is 1.32. The molecule has 1 heterocycles. The van der Waals surface area contributed by atoms with Crippen LogP contribution in [0.1, 0.15) is 18.3 Å². The minimum absolute atomic E-state index is 0.0561. The van der Waals surface area contributed by atoms with Gasteiger partial charge in [-0.3, -0.25) is 4.57 Å². The van der Waals surface area contributed by atoms with Crippen molar-refractivity contribution in [3.05, 3.63) is 53.9 Å². The van der Waals surface area contributed by atoms with Gasteiger partial charge in [0, 0.05) is 18.7 Å². The lowest BCUT2D eigenvalue weighted by molar-refractivity contribution is 0.299. The lowest BCUT2D eigenvalue weighted by atomic mass is 10.1. The van der Waals surface area contributed by atoms with Gasteiger partial charge in [0.05, 0.1) is 15.9 Å². The van der Waals surface area contributed by atoms with Crippen molar-refractivity contribution in [2.24, 2.45) is 5.14 Å². The highest BCUT2D eigenvalue weighted by atomic mass is 32.2. The number of fused-ring (bicyclic) bond motifs is 1. The highest BCUT2D eigenvalue weighted by Gasteiger charge is 2.15. The molecule has 0 saturated carbocycles. The molecule has 2 aromatic carbocycles. The molecule has 3 aromatic rings. The van der Waals surface area contributed by atoms with E-state index in [9.17, 15) is 8.42 Å². The molecule has 3 N–H and O–H groups in total. The van der Waals surface area contributed by atoms with Crippen LogP contribution in [0.4, 0.5) is 0 Å². The fraction of sp³-hybridized carbons (Fsp3) is 0.235. The second-order valence-corrected chi connectivity index (χ2v) is 7.11. The smallest absolute Gasteiger partial charge is 0.238 e. The number of hydrogen-bond donors (Lipinski definition) is 2. The van der Waals surface area contributed by atoms with Crippen LogP contribution in [0.2, 0.25) is 0 Å². The standard InChI is InChI=1S/C17H19N3O3S/c1-2-17-19-15-11-14(24(18,22)23)7-8-16(15)20(17)13-5-3-12(4-6-13)9-10-21/h3-8,11,21H,2,9-10H2,1H3,(H2,18,22,23). The summed E-state index contributed by atoms with van der Waals surface area (Å²) >= 11 is 0. The predicted octanol–water partition coefficient (Wildman–Crippen LogP) is 1.77. The Morgan fingerprint density at radius 3 is 2.46 bits per heavy atom. The molecule has 0 fully saturated rings. The molecule has 0 unspecified atom stereocenters. The number of sulfonamides is 1. The Morgan fingerprint density at radius 1 is 1.17 bits per heavy atom. The average Bonchev–Trinajstić information content (AvgIpc) is 2.93. The van der Waals surface area contributed by atoms with E-state index in [1.807, 2.05) is 35.8 Å². The molecule has 0 amide bonds. The summed E-state index contributed by atoms with van der Waals surface area (Å²) in [6, 6.07) is 12.6. The number of imidazole rings is 1. The summed E-state index contributed by atoms with van der Waals surface area (Å²) in [4.78, 5) is 4.60. The summed E-state index contributed by atoms with van der Waals surface area (Å²) in [5.41, 5.74) is 3.42. The summed E-state index contributed by atoms with van der Waals surface area (Å²) in [7, 11) is -3.75. The second kappa shape index (κ2) is 6.35. The number of rotatable bonds is 5. The molecular weight excluding hydrogens is 326 g/mol. The maximum Gasteiger partial charge on any atom is 0.238 e. The van der Waals surface area contributed by atoms with E-state index in [2.05, 4.69) is 4.98 Å². The highest BCUT2D eigenvalue weighted by Crippen LogP contribution is 2.24. The van der Waals surface area contributed by atoms with Crippen molar-refractivity contribution in [2.75, 3.05) is 6.61 Å². The van der Waals surface area contributed by atoms with Crippen molar-refractivity contribution in [1.82, 2.24) is 9.55 Å². The summed E-state index contributed by atoms with van der Waals surface area (Å²) in [5.74, 6) is 0.839. The monoisotopic (exact) mass is 345 g/mol. The van der Waals surface area contributed by atoms with Crippen molar-refractivity contribution < 1.29 is 13.5 Å². The maximum absolute atomic E-state index is 11.5. The van der Waals surface area contributed by atoms with E-state index in [0.29, 0.717) is 18.4 Å². The maximum atomic E-state index is 11.5. The zero-order valence-electron chi connectivity index (χ0n) is 13.3. The van der Waals surface area contributed by atoms with Gasteiger partial charge in [-0.2, -0.15) is 0 Å². The van der Waals surface area contributed by atoms with E-state index in [0.717, 1.165) is 22.6 Å². The van der Waals surface area contributed by atoms with Crippen molar-refractivity contribution in [3.8, 4) is 5.69 Å². The molecule has 0 aliphatic heterocycles. The molecule has 0 aliphatic rings. The topological polar surface area (TPSA) is 98.2 Å². The van der Waals surface area contributed by atoms with Gasteiger partial charge in [0.15, 0.2) is 0 Å². The van der Waals surface area contributed by atoms with Crippen LogP contribution >= 0.6 is 0 Å². The van der Waals surface area contributed by atoms with Gasteiger partial charge in [0.25, 0.3) is 0 Å². The van der Waals surface area contributed by atoms with E-state index >= 15 is 0 Å². The Labute approximate surface area is 140 Å². The highest BCUT2D eigenvalue weighted by molar-refractivity contribution is 7.89. The zero-order chi connectivity index (χ0) is 17.3. The van der Waals surface area contributed by atoms with Crippen LogP contribution in [-0.2, 0) is 22.9 Å². The minimum Gasteiger partial charge on any atom is -0.396 e. The molecule has 3 rings (SSSR count). The first-order chi connectivity index (χ1) is 11.4. The molecule has 0 bridgehead atoms. The lowest BCUT2D eigenvalue weighted by Gasteiger charge is -2.09. The van der Waals surface area contributed by atoms with Gasteiger partial charge in [0.1, 0.15) is 5.82 Å². The van der Waals surface area contributed by atoms with E-state index < -0.39 is 10.0 Å². The predicted molar refractivity (Wildman–Crippen MR) is 92.6 cm³/mol. The third-order valence-corrected chi connectivity index (χ3v) is 4.85. The quantitative estimate of drug-likeness (QED) is 0.736. The van der Waals surface area contributed by atoms with Crippen LogP contribution in [0.5, 0.6) is 0 Å². The fourth-order valence-electron chi connectivity index (χ4n) is 2.75. The first-order valence-corrected chi connectivity index (χ1v) is 9.23. The number of hydrogen-bond acceptors (Lipinski definition) is 4. The first-order valence-electron chi connectivity index (χ1n) is 7.68. The number of aliphatic hydroxyl groups excluding tert-OH is 1. The van der Waals surface area contributed by atoms with Crippen LogP contribution in [0.3, 0.4) is 0 Å². The van der Waals surface area contributed by atoms with Crippen LogP contribution in [0, 0.1) is 0 Å².